The number of rotatable bonds is 3. The van der Waals surface area contributed by atoms with Gasteiger partial charge in [-0.3, -0.25) is 0 Å². The first kappa shape index (κ1) is 12.5. The highest BCUT2D eigenvalue weighted by Gasteiger charge is 2.39. The lowest BCUT2D eigenvalue weighted by atomic mass is 9.76. The Labute approximate surface area is 117 Å². The number of hydrogen-bond donors (Lipinski definition) is 1. The van der Waals surface area contributed by atoms with E-state index in [1.165, 1.54) is 29.7 Å². The van der Waals surface area contributed by atoms with Crippen molar-refractivity contribution >= 4 is 16.5 Å². The van der Waals surface area contributed by atoms with Gasteiger partial charge in [0.25, 0.3) is 0 Å². The molecular weight excluding hydrogens is 256 g/mol. The van der Waals surface area contributed by atoms with Crippen LogP contribution in [-0.2, 0) is 5.41 Å². The molecule has 0 unspecified atom stereocenters. The first-order valence-electron chi connectivity index (χ1n) is 6.61. The summed E-state index contributed by atoms with van der Waals surface area (Å²) in [6, 6.07) is 8.40. The molecule has 0 atom stereocenters. The second-order valence-corrected chi connectivity index (χ2v) is 5.98. The molecule has 2 N–H and O–H groups in total. The van der Waals surface area contributed by atoms with Gasteiger partial charge in [0.05, 0.1) is 12.8 Å². The van der Waals surface area contributed by atoms with Gasteiger partial charge in [0.1, 0.15) is 5.75 Å². The number of methoxy groups -OCH3 is 1. The number of benzene rings is 1. The molecule has 0 amide bonds. The monoisotopic (exact) mass is 274 g/mol. The van der Waals surface area contributed by atoms with E-state index in [1.807, 2.05) is 12.1 Å². The fourth-order valence-corrected chi connectivity index (χ4v) is 3.75. The highest BCUT2D eigenvalue weighted by atomic mass is 32.1. The number of ether oxygens (including phenoxy) is 1. The smallest absolute Gasteiger partial charge is 0.180 e. The van der Waals surface area contributed by atoms with Crippen molar-refractivity contribution in [2.75, 3.05) is 12.8 Å². The third-order valence-corrected chi connectivity index (χ3v) is 4.79. The van der Waals surface area contributed by atoms with Crippen LogP contribution in [-0.4, -0.2) is 12.1 Å². The SMILES string of the molecule is COc1ccc(C2(c3csc(N)n3)CCCC2)cc1. The summed E-state index contributed by atoms with van der Waals surface area (Å²) in [4.78, 5) is 4.55. The van der Waals surface area contributed by atoms with E-state index in [0.29, 0.717) is 5.13 Å². The van der Waals surface area contributed by atoms with Crippen LogP contribution in [0.2, 0.25) is 0 Å². The van der Waals surface area contributed by atoms with Crippen molar-refractivity contribution in [1.82, 2.24) is 4.98 Å². The number of thiazole rings is 1. The zero-order valence-electron chi connectivity index (χ0n) is 11.1. The molecule has 100 valence electrons. The van der Waals surface area contributed by atoms with E-state index in [-0.39, 0.29) is 5.41 Å². The molecule has 0 radical (unpaired) electrons. The van der Waals surface area contributed by atoms with Crippen molar-refractivity contribution in [3.8, 4) is 5.75 Å². The fraction of sp³-hybridized carbons (Fsp3) is 0.400. The largest absolute Gasteiger partial charge is 0.497 e. The van der Waals surface area contributed by atoms with Crippen LogP contribution in [0.15, 0.2) is 29.6 Å². The molecule has 2 aromatic rings. The average Bonchev–Trinajstić information content (AvgIpc) is 3.08. The molecule has 1 aromatic heterocycles. The third kappa shape index (κ3) is 2.10. The second kappa shape index (κ2) is 4.85. The molecule has 1 aliphatic carbocycles. The Bertz CT molecular complexity index is 556. The number of hydrogen-bond acceptors (Lipinski definition) is 4. The van der Waals surface area contributed by atoms with E-state index in [9.17, 15) is 0 Å². The molecule has 1 saturated carbocycles. The zero-order valence-corrected chi connectivity index (χ0v) is 11.9. The summed E-state index contributed by atoms with van der Waals surface area (Å²) in [5.41, 5.74) is 8.34. The minimum atomic E-state index is 0.0559. The zero-order chi connectivity index (χ0) is 13.3. The van der Waals surface area contributed by atoms with Gasteiger partial charge in [-0.05, 0) is 30.5 Å². The molecule has 3 nitrogen and oxygen atoms in total. The van der Waals surface area contributed by atoms with Crippen molar-refractivity contribution in [2.24, 2.45) is 0 Å². The Morgan fingerprint density at radius 3 is 2.42 bits per heavy atom. The van der Waals surface area contributed by atoms with Crippen LogP contribution in [0.3, 0.4) is 0 Å². The minimum absolute atomic E-state index is 0.0559. The van der Waals surface area contributed by atoms with Gasteiger partial charge in [-0.25, -0.2) is 4.98 Å². The van der Waals surface area contributed by atoms with E-state index in [2.05, 4.69) is 22.5 Å². The van der Waals surface area contributed by atoms with Crippen molar-refractivity contribution in [3.63, 3.8) is 0 Å². The molecule has 19 heavy (non-hydrogen) atoms. The molecule has 0 bridgehead atoms. The molecule has 1 aromatic carbocycles. The topological polar surface area (TPSA) is 48.1 Å². The summed E-state index contributed by atoms with van der Waals surface area (Å²) >= 11 is 1.53. The number of nitrogens with two attached hydrogens (primary N) is 1. The summed E-state index contributed by atoms with van der Waals surface area (Å²) in [7, 11) is 1.70. The predicted molar refractivity (Wildman–Crippen MR) is 78.8 cm³/mol. The Morgan fingerprint density at radius 1 is 1.21 bits per heavy atom. The normalized spacial score (nSPS) is 17.5. The first-order chi connectivity index (χ1) is 9.24. The highest BCUT2D eigenvalue weighted by molar-refractivity contribution is 7.13. The Morgan fingerprint density at radius 2 is 1.89 bits per heavy atom. The molecule has 3 rings (SSSR count). The lowest BCUT2D eigenvalue weighted by molar-refractivity contribution is 0.414. The predicted octanol–water partition coefficient (Wildman–Crippen LogP) is 3.59. The molecule has 1 aliphatic rings. The van der Waals surface area contributed by atoms with Crippen molar-refractivity contribution in [2.45, 2.75) is 31.1 Å². The third-order valence-electron chi connectivity index (χ3n) is 4.11. The summed E-state index contributed by atoms with van der Waals surface area (Å²) in [5, 5.41) is 2.78. The maximum atomic E-state index is 5.82. The van der Waals surface area contributed by atoms with Crippen LogP contribution in [0.4, 0.5) is 5.13 Å². The number of nitrogens with zero attached hydrogens (tertiary/aromatic N) is 1. The first-order valence-corrected chi connectivity index (χ1v) is 7.48. The molecular formula is C15H18N2OS. The maximum Gasteiger partial charge on any atom is 0.180 e. The molecule has 1 fully saturated rings. The molecule has 4 heteroatoms. The van der Waals surface area contributed by atoms with Crippen LogP contribution in [0, 0.1) is 0 Å². The van der Waals surface area contributed by atoms with Gasteiger partial charge in [-0.1, -0.05) is 25.0 Å². The molecule has 0 spiro atoms. The van der Waals surface area contributed by atoms with Crippen LogP contribution in [0.25, 0.3) is 0 Å². The van der Waals surface area contributed by atoms with Gasteiger partial charge >= 0.3 is 0 Å². The summed E-state index contributed by atoms with van der Waals surface area (Å²) in [6.45, 7) is 0. The summed E-state index contributed by atoms with van der Waals surface area (Å²) in [5.74, 6) is 0.898. The second-order valence-electron chi connectivity index (χ2n) is 5.09. The van der Waals surface area contributed by atoms with E-state index < -0.39 is 0 Å². The van der Waals surface area contributed by atoms with E-state index in [1.54, 1.807) is 7.11 Å². The van der Waals surface area contributed by atoms with Gasteiger partial charge in [0.15, 0.2) is 5.13 Å². The van der Waals surface area contributed by atoms with Crippen molar-refractivity contribution in [3.05, 3.63) is 40.9 Å². The van der Waals surface area contributed by atoms with Crippen LogP contribution in [0.5, 0.6) is 5.75 Å². The Balaban J connectivity index is 2.04. The number of nitrogen functional groups attached to an aromatic ring is 1. The van der Waals surface area contributed by atoms with Crippen LogP contribution < -0.4 is 10.5 Å². The van der Waals surface area contributed by atoms with E-state index in [0.717, 1.165) is 24.3 Å². The summed E-state index contributed by atoms with van der Waals surface area (Å²) < 4.78 is 5.24. The van der Waals surface area contributed by atoms with Crippen molar-refractivity contribution < 1.29 is 4.74 Å². The summed E-state index contributed by atoms with van der Waals surface area (Å²) in [6.07, 6.45) is 4.82. The minimum Gasteiger partial charge on any atom is -0.497 e. The fourth-order valence-electron chi connectivity index (χ4n) is 3.09. The van der Waals surface area contributed by atoms with Crippen molar-refractivity contribution in [1.29, 1.82) is 0 Å². The van der Waals surface area contributed by atoms with E-state index >= 15 is 0 Å². The molecule has 1 heterocycles. The average molecular weight is 274 g/mol. The van der Waals surface area contributed by atoms with Gasteiger partial charge in [-0.2, -0.15) is 0 Å². The number of aromatic nitrogens is 1. The maximum absolute atomic E-state index is 5.82. The molecule has 0 aliphatic heterocycles. The Kier molecular flexibility index (Phi) is 3.19. The Hall–Kier alpha value is -1.55. The quantitative estimate of drug-likeness (QED) is 0.930. The standard InChI is InChI=1S/C15H18N2OS/c1-18-12-6-4-11(5-7-12)15(8-2-3-9-15)13-10-19-14(16)17-13/h4-7,10H,2-3,8-9H2,1H3,(H2,16,17). The highest BCUT2D eigenvalue weighted by Crippen LogP contribution is 2.46. The lowest BCUT2D eigenvalue weighted by Gasteiger charge is -2.28. The van der Waals surface area contributed by atoms with E-state index in [4.69, 9.17) is 10.5 Å². The lowest BCUT2D eigenvalue weighted by Crippen LogP contribution is -2.24. The van der Waals surface area contributed by atoms with Gasteiger partial charge < -0.3 is 10.5 Å². The van der Waals surface area contributed by atoms with Crippen LogP contribution in [0.1, 0.15) is 36.9 Å². The van der Waals surface area contributed by atoms with Gasteiger partial charge in [0.2, 0.25) is 0 Å². The number of anilines is 1. The van der Waals surface area contributed by atoms with Gasteiger partial charge in [-0.15, -0.1) is 11.3 Å². The van der Waals surface area contributed by atoms with Crippen LogP contribution >= 0.6 is 11.3 Å². The van der Waals surface area contributed by atoms with Gasteiger partial charge in [0, 0.05) is 10.8 Å². The molecule has 0 saturated heterocycles.